The lowest BCUT2D eigenvalue weighted by molar-refractivity contribution is 0.0988. The third kappa shape index (κ3) is 2.68. The predicted molar refractivity (Wildman–Crippen MR) is 64.4 cm³/mol. The van der Waals surface area contributed by atoms with E-state index >= 15 is 0 Å². The third-order valence-corrected chi connectivity index (χ3v) is 3.19. The highest BCUT2D eigenvalue weighted by Crippen LogP contribution is 2.26. The highest BCUT2D eigenvalue weighted by atomic mass is 16.1. The van der Waals surface area contributed by atoms with E-state index in [1.807, 2.05) is 19.1 Å². The number of hydrogen-bond acceptors (Lipinski definition) is 1. The smallest absolute Gasteiger partial charge is 0.162 e. The van der Waals surface area contributed by atoms with Crippen LogP contribution in [-0.2, 0) is 5.41 Å². The Hall–Kier alpha value is -1.11. The fraction of sp³-hybridized carbons (Fsp3) is 0.500. The average Bonchev–Trinajstić information content (AvgIpc) is 2.28. The summed E-state index contributed by atoms with van der Waals surface area (Å²) in [5, 5.41) is 0. The second-order valence-electron chi connectivity index (χ2n) is 4.59. The summed E-state index contributed by atoms with van der Waals surface area (Å²) in [5.41, 5.74) is 2.33. The van der Waals surface area contributed by atoms with Crippen molar-refractivity contribution in [3.8, 4) is 0 Å². The Morgan fingerprint density at radius 2 is 1.67 bits per heavy atom. The number of hydrogen-bond donors (Lipinski definition) is 0. The van der Waals surface area contributed by atoms with Crippen LogP contribution in [0, 0.1) is 0 Å². The lowest BCUT2D eigenvalue weighted by Crippen LogP contribution is -2.15. The molecule has 0 atom stereocenters. The molecule has 0 amide bonds. The van der Waals surface area contributed by atoms with Gasteiger partial charge < -0.3 is 0 Å². The van der Waals surface area contributed by atoms with Gasteiger partial charge in [-0.3, -0.25) is 4.79 Å². The zero-order chi connectivity index (χ0) is 11.5. The Kier molecular flexibility index (Phi) is 3.67. The van der Waals surface area contributed by atoms with Gasteiger partial charge in [0, 0.05) is 12.0 Å². The van der Waals surface area contributed by atoms with Crippen LogP contribution in [0.3, 0.4) is 0 Å². The maximum atomic E-state index is 11.4. The first-order valence-electron chi connectivity index (χ1n) is 5.65. The van der Waals surface area contributed by atoms with Crippen molar-refractivity contribution in [1.82, 2.24) is 0 Å². The molecule has 0 aliphatic heterocycles. The first kappa shape index (κ1) is 12.0. The van der Waals surface area contributed by atoms with E-state index in [1.165, 1.54) is 5.56 Å². The van der Waals surface area contributed by atoms with E-state index in [9.17, 15) is 4.79 Å². The first-order chi connectivity index (χ1) is 7.01. The molecule has 0 saturated carbocycles. The van der Waals surface area contributed by atoms with Crippen molar-refractivity contribution in [2.24, 2.45) is 0 Å². The Labute approximate surface area is 92.5 Å². The summed E-state index contributed by atoms with van der Waals surface area (Å²) in [6, 6.07) is 8.04. The van der Waals surface area contributed by atoms with Crippen LogP contribution in [0.4, 0.5) is 0 Å². The molecule has 1 heteroatoms. The Balaban J connectivity index is 2.95. The summed E-state index contributed by atoms with van der Waals surface area (Å²) in [6.45, 7) is 8.53. The van der Waals surface area contributed by atoms with Crippen molar-refractivity contribution in [2.45, 2.75) is 46.0 Å². The van der Waals surface area contributed by atoms with Gasteiger partial charge in [0.2, 0.25) is 0 Å². The SMILES string of the molecule is CCC(=O)c1ccc(C(C)(C)CC)cc1. The number of benzene rings is 1. The van der Waals surface area contributed by atoms with Gasteiger partial charge in [-0.05, 0) is 17.4 Å². The number of ketones is 1. The van der Waals surface area contributed by atoms with Crippen LogP contribution in [-0.4, -0.2) is 5.78 Å². The summed E-state index contributed by atoms with van der Waals surface area (Å²) in [6.07, 6.45) is 1.69. The third-order valence-electron chi connectivity index (χ3n) is 3.19. The fourth-order valence-corrected chi connectivity index (χ4v) is 1.52. The first-order valence-corrected chi connectivity index (χ1v) is 5.65. The lowest BCUT2D eigenvalue weighted by atomic mass is 9.82. The largest absolute Gasteiger partial charge is 0.294 e. The minimum absolute atomic E-state index is 0.202. The number of Topliss-reactive ketones (excluding diaryl/α,β-unsaturated/α-hetero) is 1. The predicted octanol–water partition coefficient (Wildman–Crippen LogP) is 3.97. The molecule has 0 aliphatic rings. The van der Waals surface area contributed by atoms with E-state index in [0.717, 1.165) is 12.0 Å². The molecule has 0 spiro atoms. The molecule has 0 fully saturated rings. The maximum Gasteiger partial charge on any atom is 0.162 e. The number of carbonyl (C=O) groups is 1. The van der Waals surface area contributed by atoms with Crippen LogP contribution in [0.15, 0.2) is 24.3 Å². The van der Waals surface area contributed by atoms with Crippen LogP contribution >= 0.6 is 0 Å². The van der Waals surface area contributed by atoms with Crippen molar-refractivity contribution in [1.29, 1.82) is 0 Å². The van der Waals surface area contributed by atoms with Crippen LogP contribution in [0.1, 0.15) is 56.5 Å². The summed E-state index contributed by atoms with van der Waals surface area (Å²) in [7, 11) is 0. The van der Waals surface area contributed by atoms with E-state index < -0.39 is 0 Å². The van der Waals surface area contributed by atoms with E-state index in [4.69, 9.17) is 0 Å². The normalized spacial score (nSPS) is 11.5. The molecule has 0 saturated heterocycles. The highest BCUT2D eigenvalue weighted by Gasteiger charge is 2.17. The van der Waals surface area contributed by atoms with Gasteiger partial charge in [0.25, 0.3) is 0 Å². The van der Waals surface area contributed by atoms with Crippen LogP contribution < -0.4 is 0 Å². The average molecular weight is 204 g/mol. The minimum Gasteiger partial charge on any atom is -0.294 e. The van der Waals surface area contributed by atoms with Crippen molar-refractivity contribution in [3.63, 3.8) is 0 Å². The molecule has 1 aromatic rings. The second-order valence-corrected chi connectivity index (χ2v) is 4.59. The molecular weight excluding hydrogens is 184 g/mol. The zero-order valence-corrected chi connectivity index (χ0v) is 10.1. The number of carbonyl (C=O) groups excluding carboxylic acids is 1. The van der Waals surface area contributed by atoms with Gasteiger partial charge in [-0.2, -0.15) is 0 Å². The zero-order valence-electron chi connectivity index (χ0n) is 10.1. The summed E-state index contributed by atoms with van der Waals surface area (Å²) >= 11 is 0. The molecule has 1 nitrogen and oxygen atoms in total. The van der Waals surface area contributed by atoms with Gasteiger partial charge in [-0.1, -0.05) is 52.0 Å². The minimum atomic E-state index is 0.202. The molecule has 0 aliphatic carbocycles. The van der Waals surface area contributed by atoms with Crippen molar-refractivity contribution < 1.29 is 4.79 Å². The number of rotatable bonds is 4. The van der Waals surface area contributed by atoms with E-state index in [2.05, 4.69) is 32.9 Å². The van der Waals surface area contributed by atoms with E-state index in [0.29, 0.717) is 6.42 Å². The van der Waals surface area contributed by atoms with Crippen molar-refractivity contribution in [3.05, 3.63) is 35.4 Å². The molecule has 0 radical (unpaired) electrons. The molecule has 0 N–H and O–H groups in total. The summed E-state index contributed by atoms with van der Waals surface area (Å²) < 4.78 is 0. The monoisotopic (exact) mass is 204 g/mol. The molecule has 15 heavy (non-hydrogen) atoms. The van der Waals surface area contributed by atoms with Crippen LogP contribution in [0.2, 0.25) is 0 Å². The Morgan fingerprint density at radius 3 is 2.07 bits per heavy atom. The fourth-order valence-electron chi connectivity index (χ4n) is 1.52. The highest BCUT2D eigenvalue weighted by molar-refractivity contribution is 5.95. The Bertz CT molecular complexity index is 333. The Morgan fingerprint density at radius 1 is 1.13 bits per heavy atom. The molecule has 82 valence electrons. The van der Waals surface area contributed by atoms with Gasteiger partial charge >= 0.3 is 0 Å². The van der Waals surface area contributed by atoms with Gasteiger partial charge in [0.05, 0.1) is 0 Å². The summed E-state index contributed by atoms with van der Waals surface area (Å²) in [4.78, 5) is 11.4. The van der Waals surface area contributed by atoms with Gasteiger partial charge in [0.1, 0.15) is 0 Å². The lowest BCUT2D eigenvalue weighted by Gasteiger charge is -2.23. The van der Waals surface area contributed by atoms with Gasteiger partial charge in [-0.15, -0.1) is 0 Å². The molecule has 0 unspecified atom stereocenters. The van der Waals surface area contributed by atoms with Gasteiger partial charge in [-0.25, -0.2) is 0 Å². The van der Waals surface area contributed by atoms with Crippen molar-refractivity contribution in [2.75, 3.05) is 0 Å². The molecule has 1 aromatic carbocycles. The van der Waals surface area contributed by atoms with E-state index in [1.54, 1.807) is 0 Å². The molecular formula is C14H20O. The van der Waals surface area contributed by atoms with Crippen LogP contribution in [0.5, 0.6) is 0 Å². The van der Waals surface area contributed by atoms with E-state index in [-0.39, 0.29) is 11.2 Å². The van der Waals surface area contributed by atoms with Crippen LogP contribution in [0.25, 0.3) is 0 Å². The van der Waals surface area contributed by atoms with Gasteiger partial charge in [0.15, 0.2) is 5.78 Å². The second kappa shape index (κ2) is 4.61. The molecule has 0 aromatic heterocycles. The molecule has 0 heterocycles. The van der Waals surface area contributed by atoms with Crippen molar-refractivity contribution >= 4 is 5.78 Å². The molecule has 1 rings (SSSR count). The quantitative estimate of drug-likeness (QED) is 0.678. The summed E-state index contributed by atoms with van der Waals surface area (Å²) in [5.74, 6) is 0.218. The maximum absolute atomic E-state index is 11.4. The molecule has 0 bridgehead atoms. The topological polar surface area (TPSA) is 17.1 Å². The standard InChI is InChI=1S/C14H20O/c1-5-13(15)11-7-9-12(10-8-11)14(3,4)6-2/h7-10H,5-6H2,1-4H3.